The second-order valence-electron chi connectivity index (χ2n) is 5.83. The molecule has 3 rings (SSSR count). The average molecular weight is 426 g/mol. The number of rotatable bonds is 6. The highest BCUT2D eigenvalue weighted by atomic mass is 32.2. The number of carbonyl (C=O) groups excluding carboxylic acids is 1. The molecule has 0 aliphatic carbocycles. The van der Waals surface area contributed by atoms with Gasteiger partial charge in [-0.05, 0) is 24.3 Å². The molecule has 0 radical (unpaired) electrons. The molecule has 3 aromatic rings. The monoisotopic (exact) mass is 426 g/mol. The lowest BCUT2D eigenvalue weighted by atomic mass is 10.1. The normalized spacial score (nSPS) is 11.9. The third-order valence-corrected chi connectivity index (χ3v) is 4.06. The summed E-state index contributed by atoms with van der Waals surface area (Å²) in [7, 11) is -3.71. The number of nitrogens with zero attached hydrogens (tertiary/aromatic N) is 3. The molecular weight excluding hydrogens is 413 g/mol. The van der Waals surface area contributed by atoms with E-state index in [9.17, 15) is 26.4 Å². The number of nitrogens with one attached hydrogen (secondary N) is 1. The highest BCUT2D eigenvalue weighted by molar-refractivity contribution is 7.92. The molecule has 0 aliphatic rings. The van der Waals surface area contributed by atoms with Gasteiger partial charge in [0.1, 0.15) is 12.0 Å². The van der Waals surface area contributed by atoms with E-state index in [1.807, 2.05) is 0 Å². The smallest absolute Gasteiger partial charge is 0.406 e. The second kappa shape index (κ2) is 7.54. The Morgan fingerprint density at radius 1 is 1.07 bits per heavy atom. The van der Waals surface area contributed by atoms with Gasteiger partial charge in [-0.2, -0.15) is 9.67 Å². The van der Waals surface area contributed by atoms with Crippen LogP contribution >= 0.6 is 0 Å². The van der Waals surface area contributed by atoms with Gasteiger partial charge in [-0.1, -0.05) is 24.3 Å². The van der Waals surface area contributed by atoms with Crippen molar-refractivity contribution in [3.05, 3.63) is 54.1 Å². The second-order valence-corrected chi connectivity index (χ2v) is 7.58. The Morgan fingerprint density at radius 3 is 2.21 bits per heavy atom. The Balaban J connectivity index is 2.01. The molecular formula is C17H13F3N4O4S. The number of carbonyl (C=O) groups is 1. The molecule has 1 aromatic heterocycles. The predicted molar refractivity (Wildman–Crippen MR) is 97.3 cm³/mol. The van der Waals surface area contributed by atoms with E-state index in [4.69, 9.17) is 0 Å². The van der Waals surface area contributed by atoms with Gasteiger partial charge in [-0.3, -0.25) is 9.52 Å². The van der Waals surface area contributed by atoms with Crippen LogP contribution in [-0.2, 0) is 10.0 Å². The van der Waals surface area contributed by atoms with Gasteiger partial charge in [-0.15, -0.1) is 18.3 Å². The van der Waals surface area contributed by atoms with Crippen molar-refractivity contribution in [2.45, 2.75) is 6.36 Å². The van der Waals surface area contributed by atoms with Gasteiger partial charge in [0.25, 0.3) is 0 Å². The van der Waals surface area contributed by atoms with Crippen molar-refractivity contribution in [1.82, 2.24) is 14.8 Å². The van der Waals surface area contributed by atoms with Gasteiger partial charge in [0.15, 0.2) is 5.82 Å². The van der Waals surface area contributed by atoms with Crippen LogP contribution < -0.4 is 9.46 Å². The number of hydrogen-bond acceptors (Lipinski definition) is 6. The zero-order valence-electron chi connectivity index (χ0n) is 14.7. The number of hydrogen-bond donors (Lipinski definition) is 1. The highest BCUT2D eigenvalue weighted by Crippen LogP contribution is 2.26. The van der Waals surface area contributed by atoms with Gasteiger partial charge in [-0.25, -0.2) is 8.42 Å². The van der Waals surface area contributed by atoms with Crippen LogP contribution in [0.25, 0.3) is 17.1 Å². The number of halogens is 3. The minimum Gasteiger partial charge on any atom is -0.406 e. The number of aromatic nitrogens is 3. The molecule has 0 aliphatic heterocycles. The largest absolute Gasteiger partial charge is 0.573 e. The first-order valence-electron chi connectivity index (χ1n) is 7.91. The SMILES string of the molecule is CS(=O)(=O)Nc1nc(-c2ccc(C=O)cc2)nn1-c1ccc(OC(F)(F)F)cc1. The maximum Gasteiger partial charge on any atom is 0.573 e. The first-order valence-corrected chi connectivity index (χ1v) is 9.80. The van der Waals surface area contributed by atoms with Crippen LogP contribution in [0.15, 0.2) is 48.5 Å². The predicted octanol–water partition coefficient (Wildman–Crippen LogP) is 3.02. The molecule has 8 nitrogen and oxygen atoms in total. The molecule has 0 amide bonds. The maximum atomic E-state index is 12.3. The van der Waals surface area contributed by atoms with Crippen LogP contribution in [0.1, 0.15) is 10.4 Å². The molecule has 2 aromatic carbocycles. The summed E-state index contributed by atoms with van der Waals surface area (Å²) in [6.45, 7) is 0. The van der Waals surface area contributed by atoms with E-state index in [2.05, 4.69) is 19.5 Å². The van der Waals surface area contributed by atoms with Crippen LogP contribution in [0.5, 0.6) is 5.75 Å². The van der Waals surface area contributed by atoms with Crippen molar-refractivity contribution in [3.63, 3.8) is 0 Å². The van der Waals surface area contributed by atoms with Crippen molar-refractivity contribution < 1.29 is 31.1 Å². The molecule has 29 heavy (non-hydrogen) atoms. The molecule has 0 bridgehead atoms. The standard InChI is InChI=1S/C17H13F3N4O4S/c1-29(26,27)23-16-21-15(12-4-2-11(10-25)3-5-12)22-24(16)13-6-8-14(9-7-13)28-17(18,19)20/h2-10H,1H3,(H,21,22,23). The molecule has 0 spiro atoms. The van der Waals surface area contributed by atoms with Crippen molar-refractivity contribution in [1.29, 1.82) is 0 Å². The fourth-order valence-electron chi connectivity index (χ4n) is 2.35. The first-order chi connectivity index (χ1) is 13.5. The fraction of sp³-hybridized carbons (Fsp3) is 0.118. The van der Waals surface area contributed by atoms with Crippen LogP contribution in [0.4, 0.5) is 19.1 Å². The van der Waals surface area contributed by atoms with Crippen molar-refractivity contribution in [2.24, 2.45) is 0 Å². The lowest BCUT2D eigenvalue weighted by Crippen LogP contribution is -2.17. The average Bonchev–Trinajstić information content (AvgIpc) is 3.03. The third kappa shape index (κ3) is 5.31. The summed E-state index contributed by atoms with van der Waals surface area (Å²) in [5.74, 6) is -0.459. The zero-order valence-corrected chi connectivity index (χ0v) is 15.5. The van der Waals surface area contributed by atoms with Gasteiger partial charge >= 0.3 is 6.36 Å². The molecule has 0 atom stereocenters. The van der Waals surface area contributed by atoms with E-state index in [0.29, 0.717) is 17.4 Å². The maximum absolute atomic E-state index is 12.3. The summed E-state index contributed by atoms with van der Waals surface area (Å²) in [6.07, 6.45) is -3.25. The number of alkyl halides is 3. The Morgan fingerprint density at radius 2 is 1.69 bits per heavy atom. The number of benzene rings is 2. The Kier molecular flexibility index (Phi) is 5.29. The van der Waals surface area contributed by atoms with E-state index < -0.39 is 22.1 Å². The van der Waals surface area contributed by atoms with E-state index in [0.717, 1.165) is 23.1 Å². The highest BCUT2D eigenvalue weighted by Gasteiger charge is 2.31. The Bertz CT molecular complexity index is 1120. The van der Waals surface area contributed by atoms with Gasteiger partial charge < -0.3 is 4.74 Å². The molecule has 0 unspecified atom stereocenters. The van der Waals surface area contributed by atoms with Crippen LogP contribution in [0.3, 0.4) is 0 Å². The van der Waals surface area contributed by atoms with Gasteiger partial charge in [0.05, 0.1) is 11.9 Å². The first kappa shape index (κ1) is 20.3. The Hall–Kier alpha value is -3.41. The van der Waals surface area contributed by atoms with E-state index in [-0.39, 0.29) is 17.5 Å². The third-order valence-electron chi connectivity index (χ3n) is 3.50. The van der Waals surface area contributed by atoms with E-state index in [1.165, 1.54) is 24.3 Å². The summed E-state index contributed by atoms with van der Waals surface area (Å²) in [5.41, 5.74) is 1.18. The molecule has 12 heteroatoms. The lowest BCUT2D eigenvalue weighted by molar-refractivity contribution is -0.274. The van der Waals surface area contributed by atoms with Crippen molar-refractivity contribution in [2.75, 3.05) is 11.0 Å². The topological polar surface area (TPSA) is 103 Å². The minimum absolute atomic E-state index is 0.143. The summed E-state index contributed by atoms with van der Waals surface area (Å²) in [4.78, 5) is 14.9. The summed E-state index contributed by atoms with van der Waals surface area (Å²) in [6, 6.07) is 10.9. The molecule has 152 valence electrons. The summed E-state index contributed by atoms with van der Waals surface area (Å²) < 4.78 is 67.4. The zero-order chi connectivity index (χ0) is 21.2. The van der Waals surface area contributed by atoms with Crippen LogP contribution in [-0.4, -0.2) is 42.1 Å². The van der Waals surface area contributed by atoms with E-state index >= 15 is 0 Å². The number of anilines is 1. The van der Waals surface area contributed by atoms with Crippen molar-refractivity contribution in [3.8, 4) is 22.8 Å². The van der Waals surface area contributed by atoms with Gasteiger partial charge in [0.2, 0.25) is 16.0 Å². The molecule has 1 N–H and O–H groups in total. The summed E-state index contributed by atoms with van der Waals surface area (Å²) in [5, 5.41) is 4.22. The molecule has 1 heterocycles. The number of sulfonamides is 1. The van der Waals surface area contributed by atoms with E-state index in [1.54, 1.807) is 12.1 Å². The fourth-order valence-corrected chi connectivity index (χ4v) is 2.81. The lowest BCUT2D eigenvalue weighted by Gasteiger charge is -2.10. The molecule has 0 saturated carbocycles. The van der Waals surface area contributed by atoms with Crippen LogP contribution in [0, 0.1) is 0 Å². The minimum atomic E-state index is -4.83. The molecule has 0 fully saturated rings. The van der Waals surface area contributed by atoms with Crippen LogP contribution in [0.2, 0.25) is 0 Å². The summed E-state index contributed by atoms with van der Waals surface area (Å²) >= 11 is 0. The van der Waals surface area contributed by atoms with Gasteiger partial charge in [0, 0.05) is 11.1 Å². The number of ether oxygens (including phenoxy) is 1. The number of aldehydes is 1. The van der Waals surface area contributed by atoms with Crippen molar-refractivity contribution >= 4 is 22.3 Å². The quantitative estimate of drug-likeness (QED) is 0.608. The molecule has 0 saturated heterocycles. The Labute approximate surface area is 163 Å².